The highest BCUT2D eigenvalue weighted by Gasteiger charge is 2.37. The molecule has 0 atom stereocenters. The van der Waals surface area contributed by atoms with Gasteiger partial charge in [-0.05, 0) is 164 Å². The number of hydrogen-bond acceptors (Lipinski definition) is 12. The Hall–Kier alpha value is -11.3. The number of anilines is 4. The smallest absolute Gasteiger partial charge is 0.226 e. The van der Waals surface area contributed by atoms with E-state index in [1.165, 1.54) is 75.3 Å². The summed E-state index contributed by atoms with van der Waals surface area (Å²) in [5, 5.41) is 0. The first-order valence-corrected chi connectivity index (χ1v) is 38.6. The van der Waals surface area contributed by atoms with E-state index in [4.69, 9.17) is 0 Å². The van der Waals surface area contributed by atoms with Crippen molar-refractivity contribution in [3.8, 4) is 0 Å². The average molecular weight is 1590 g/mol. The summed E-state index contributed by atoms with van der Waals surface area (Å²) in [6, 6.07) is 31.7. The lowest BCUT2D eigenvalue weighted by Crippen LogP contribution is -2.48. The Morgan fingerprint density at radius 3 is 0.922 bits per heavy atom. The third-order valence-corrected chi connectivity index (χ3v) is 21.5. The number of carbonyl (C=O) groups excluding carboxylic acids is 8. The van der Waals surface area contributed by atoms with Crippen LogP contribution in [0.4, 0.5) is 57.9 Å². The number of aromatic nitrogens is 4. The van der Waals surface area contributed by atoms with Gasteiger partial charge in [-0.2, -0.15) is 22.5 Å². The standard InChI is InChI=1S/C23H28FN3O2.C22H25F2N3O2.C21H22F3N3O2.C21H23F2N3O2/c1-5-22(28)26(4)21-10-8-18(12-20(21)24)19-13-27(14-19)23(29)11-9-17-7-6-15(2)25-16(17)3;1-4-21(28)26(3)19-8-5-16(11-18(19)23)17-12-27(13-17)22(29)10-7-15-6-9-20(24)25-14(15)2;1-3-19(28)26(2)17-7-4-14(10-16(17)22)15-11-27(12-15)20(29)9-6-13-5-8-18(23)25-21(13)24;1-3-20(27)25(2)18-7-6-15(10-17(18)22)16-12-26(13-16)21(28)9-5-14-4-8-19(23)24-11-14/h6-8,10,12,19H,5,9,11,13-14H2,1-4H3;5-6,8-9,11,17H,4,7,10,12-13H2,1-3H3;4-5,7-8,10,15H,3,6,9,11-12H2,1-2H3;4,6-8,10-11,16H,3,5,9,12-13H2,1-2H3. The molecule has 4 saturated heterocycles. The molecule has 8 aromatic rings. The maximum absolute atomic E-state index is 14.5. The second-order valence-electron chi connectivity index (χ2n) is 29.2. The number of hydrogen-bond donors (Lipinski definition) is 0. The first kappa shape index (κ1) is 87.6. The monoisotopic (exact) mass is 1590 g/mol. The molecule has 0 spiro atoms. The molecule has 0 bridgehead atoms. The van der Waals surface area contributed by atoms with Crippen molar-refractivity contribution in [2.45, 2.75) is 149 Å². The van der Waals surface area contributed by atoms with E-state index in [0.29, 0.717) is 116 Å². The van der Waals surface area contributed by atoms with Crippen LogP contribution in [0.1, 0.15) is 164 Å². The van der Waals surface area contributed by atoms with Crippen LogP contribution in [-0.4, -0.2) is 167 Å². The van der Waals surface area contributed by atoms with Crippen LogP contribution in [0.2, 0.25) is 0 Å². The van der Waals surface area contributed by atoms with E-state index in [0.717, 1.165) is 56.4 Å². The second kappa shape index (κ2) is 40.1. The summed E-state index contributed by atoms with van der Waals surface area (Å²) in [6.07, 6.45) is 5.72. The largest absolute Gasteiger partial charge is 0.341 e. The predicted molar refractivity (Wildman–Crippen MR) is 422 cm³/mol. The van der Waals surface area contributed by atoms with E-state index in [2.05, 4.69) is 19.9 Å². The average Bonchev–Trinajstić information content (AvgIpc) is 0.808. The number of likely N-dealkylation sites (tertiary alicyclic amines) is 4. The SMILES string of the molecule is CCC(=O)N(C)c1ccc(C2CN(C(=O)CCc3ccc(C)nc3C)C2)cc1F.CCC(=O)N(C)c1ccc(C2CN(C(=O)CCc3ccc(F)nc3)C2)cc1F.CCC(=O)N(C)c1ccc(C2CN(C(=O)CCc3ccc(F)nc3C)C2)cc1F.CCC(=O)N(C)c1ccc(C2CN(C(=O)CCc3ccc(F)nc3F)C2)cc1F. The summed E-state index contributed by atoms with van der Waals surface area (Å²) in [5.41, 5.74) is 9.84. The Balaban J connectivity index is 0.000000175. The molecule has 28 heteroatoms. The Labute approximate surface area is 665 Å². The minimum atomic E-state index is -0.902. The number of nitrogens with zero attached hydrogens (tertiary/aromatic N) is 12. The molecule has 610 valence electrons. The number of amides is 8. The normalized spacial score (nSPS) is 13.9. The summed E-state index contributed by atoms with van der Waals surface area (Å²) < 4.78 is 110. The molecule has 20 nitrogen and oxygen atoms in total. The van der Waals surface area contributed by atoms with E-state index in [1.54, 1.807) is 113 Å². The summed E-state index contributed by atoms with van der Waals surface area (Å²) in [7, 11) is 6.24. The zero-order valence-electron chi connectivity index (χ0n) is 66.7. The highest BCUT2D eigenvalue weighted by Crippen LogP contribution is 2.36. The third kappa shape index (κ3) is 22.8. The molecule has 0 aliphatic carbocycles. The summed E-state index contributed by atoms with van der Waals surface area (Å²) in [6.45, 7) is 16.9. The van der Waals surface area contributed by atoms with Crippen molar-refractivity contribution < 1.29 is 73.5 Å². The van der Waals surface area contributed by atoms with Crippen molar-refractivity contribution in [3.05, 3.63) is 236 Å². The second-order valence-corrected chi connectivity index (χ2v) is 29.2. The lowest BCUT2D eigenvalue weighted by atomic mass is 9.90. The van der Waals surface area contributed by atoms with Crippen LogP contribution in [0.5, 0.6) is 0 Å². The van der Waals surface area contributed by atoms with Gasteiger partial charge in [-0.1, -0.05) is 70.2 Å². The van der Waals surface area contributed by atoms with E-state index in [-0.39, 0.29) is 119 Å². The van der Waals surface area contributed by atoms with Crippen molar-refractivity contribution in [1.82, 2.24) is 39.5 Å². The fraction of sp³-hybridized carbons (Fsp3) is 0.402. The van der Waals surface area contributed by atoms with Crippen LogP contribution in [0, 0.1) is 67.8 Å². The van der Waals surface area contributed by atoms with Gasteiger partial charge >= 0.3 is 0 Å². The Bertz CT molecular complexity index is 4480. The molecule has 0 N–H and O–H groups in total. The van der Waals surface area contributed by atoms with Gasteiger partial charge in [-0.3, -0.25) is 43.3 Å². The quantitative estimate of drug-likeness (QED) is 0.0408. The Morgan fingerprint density at radius 2 is 0.635 bits per heavy atom. The number of carbonyl (C=O) groups is 8. The first-order chi connectivity index (χ1) is 54.8. The summed E-state index contributed by atoms with van der Waals surface area (Å²) in [5.74, 6) is -4.87. The zero-order chi connectivity index (χ0) is 83.6. The summed E-state index contributed by atoms with van der Waals surface area (Å²) >= 11 is 0. The Kier molecular flexibility index (Phi) is 30.6. The van der Waals surface area contributed by atoms with Crippen molar-refractivity contribution in [2.75, 3.05) is 100 Å². The first-order valence-electron chi connectivity index (χ1n) is 38.6. The molecule has 4 fully saturated rings. The minimum Gasteiger partial charge on any atom is -0.341 e. The highest BCUT2D eigenvalue weighted by molar-refractivity contribution is 5.95. The van der Waals surface area contributed by atoms with Crippen LogP contribution in [0.25, 0.3) is 0 Å². The van der Waals surface area contributed by atoms with Gasteiger partial charge in [-0.25, -0.2) is 27.5 Å². The van der Waals surface area contributed by atoms with Crippen LogP contribution < -0.4 is 19.6 Å². The minimum absolute atomic E-state index is 0.0129. The lowest BCUT2D eigenvalue weighted by molar-refractivity contribution is -0.136. The molecule has 0 unspecified atom stereocenters. The molecular formula is C87H98F8N12O8. The maximum atomic E-state index is 14.5. The van der Waals surface area contributed by atoms with Gasteiger partial charge in [0, 0.05) is 184 Å². The van der Waals surface area contributed by atoms with E-state index >= 15 is 0 Å². The number of pyridine rings is 4. The van der Waals surface area contributed by atoms with Crippen LogP contribution >= 0.6 is 0 Å². The lowest BCUT2D eigenvalue weighted by Gasteiger charge is -2.40. The molecule has 12 rings (SSSR count). The molecule has 8 amide bonds. The van der Waals surface area contributed by atoms with Gasteiger partial charge in [0.15, 0.2) is 0 Å². The fourth-order valence-electron chi connectivity index (χ4n) is 13.8. The van der Waals surface area contributed by atoms with Gasteiger partial charge in [0.2, 0.25) is 71.0 Å². The number of benzene rings is 4. The predicted octanol–water partition coefficient (Wildman–Crippen LogP) is 14.1. The van der Waals surface area contributed by atoms with Crippen LogP contribution in [-0.2, 0) is 64.0 Å². The maximum Gasteiger partial charge on any atom is 0.226 e. The molecule has 4 aliphatic heterocycles. The summed E-state index contributed by atoms with van der Waals surface area (Å²) in [4.78, 5) is 124. The van der Waals surface area contributed by atoms with Crippen molar-refractivity contribution >= 4 is 70.0 Å². The zero-order valence-corrected chi connectivity index (χ0v) is 66.7. The van der Waals surface area contributed by atoms with Crippen LogP contribution in [0.15, 0.2) is 128 Å². The molecule has 4 aromatic carbocycles. The van der Waals surface area contributed by atoms with Gasteiger partial charge in [0.05, 0.1) is 22.7 Å². The number of halogens is 8. The third-order valence-electron chi connectivity index (χ3n) is 21.5. The van der Waals surface area contributed by atoms with Gasteiger partial charge in [0.1, 0.15) is 23.3 Å². The van der Waals surface area contributed by atoms with E-state index in [9.17, 15) is 73.5 Å². The molecule has 4 aromatic heterocycles. The molecule has 4 aliphatic rings. The Morgan fingerprint density at radius 1 is 0.348 bits per heavy atom. The molecule has 0 saturated carbocycles. The molecule has 8 heterocycles. The molecule has 0 radical (unpaired) electrons. The molecular weight excluding hydrogens is 1490 g/mol. The van der Waals surface area contributed by atoms with Crippen molar-refractivity contribution in [2.24, 2.45) is 0 Å². The van der Waals surface area contributed by atoms with Crippen molar-refractivity contribution in [1.29, 1.82) is 0 Å². The topological polar surface area (TPSA) is 214 Å². The van der Waals surface area contributed by atoms with Crippen LogP contribution in [0.3, 0.4) is 0 Å². The number of rotatable bonds is 24. The molecule has 115 heavy (non-hydrogen) atoms. The van der Waals surface area contributed by atoms with Crippen molar-refractivity contribution in [3.63, 3.8) is 0 Å². The highest BCUT2D eigenvalue weighted by atomic mass is 19.2. The fourth-order valence-corrected chi connectivity index (χ4v) is 13.8. The van der Waals surface area contributed by atoms with Gasteiger partial charge < -0.3 is 39.2 Å². The van der Waals surface area contributed by atoms with Gasteiger partial charge in [-0.15, -0.1) is 0 Å². The number of aryl methyl sites for hydroxylation is 7. The van der Waals surface area contributed by atoms with Gasteiger partial charge in [0.25, 0.3) is 0 Å². The van der Waals surface area contributed by atoms with E-state index < -0.39 is 47.1 Å². The van der Waals surface area contributed by atoms with E-state index in [1.807, 2.05) is 49.1 Å².